The number of ether oxygens (including phenoxy) is 1. The molecule has 1 saturated carbocycles. The molecule has 4 heterocycles. The predicted molar refractivity (Wildman–Crippen MR) is 143 cm³/mol. The van der Waals surface area contributed by atoms with Crippen LogP contribution in [0.25, 0.3) is 0 Å². The van der Waals surface area contributed by atoms with Gasteiger partial charge in [-0.1, -0.05) is 25.9 Å². The molecule has 2 atom stereocenters. The topological polar surface area (TPSA) is 84.6 Å². The number of likely N-dealkylation sites (tertiary alicyclic amines) is 1. The number of rotatable bonds is 9. The summed E-state index contributed by atoms with van der Waals surface area (Å²) in [4.78, 5) is 26.0. The third-order valence-electron chi connectivity index (χ3n) is 8.65. The summed E-state index contributed by atoms with van der Waals surface area (Å²) < 4.78 is 11.5. The molecule has 8 heteroatoms. The van der Waals surface area contributed by atoms with Crippen molar-refractivity contribution in [1.29, 1.82) is 0 Å². The first-order valence-electron chi connectivity index (χ1n) is 14.3. The van der Waals surface area contributed by atoms with Crippen LogP contribution < -0.4 is 9.64 Å². The molecule has 1 amide bonds. The molecule has 0 bridgehead atoms. The van der Waals surface area contributed by atoms with Crippen molar-refractivity contribution in [2.45, 2.75) is 78.6 Å². The highest BCUT2D eigenvalue weighted by Crippen LogP contribution is 2.50. The number of amides is 1. The minimum atomic E-state index is 0.213. The Hall–Kier alpha value is -2.64. The summed E-state index contributed by atoms with van der Waals surface area (Å²) in [5.74, 6) is 5.09. The van der Waals surface area contributed by atoms with E-state index in [9.17, 15) is 4.79 Å². The van der Waals surface area contributed by atoms with Gasteiger partial charge >= 0.3 is 6.01 Å². The maximum Gasteiger partial charge on any atom is 0.324 e. The Balaban J connectivity index is 1.01. The number of piperidine rings is 2. The average Bonchev–Trinajstić information content (AvgIpc) is 3.48. The van der Waals surface area contributed by atoms with E-state index in [-0.39, 0.29) is 5.91 Å². The second-order valence-corrected chi connectivity index (χ2v) is 11.9. The fourth-order valence-corrected chi connectivity index (χ4v) is 6.01. The Morgan fingerprint density at radius 3 is 2.59 bits per heavy atom. The normalized spacial score (nSPS) is 23.1. The van der Waals surface area contributed by atoms with Crippen LogP contribution in [0.1, 0.15) is 82.2 Å². The number of nitrogens with zero attached hydrogens (tertiary/aromatic N) is 5. The molecule has 2 saturated heterocycles. The monoisotopic (exact) mass is 509 g/mol. The van der Waals surface area contributed by atoms with Gasteiger partial charge in [0.2, 0.25) is 11.8 Å². The van der Waals surface area contributed by atoms with Crippen molar-refractivity contribution in [3.63, 3.8) is 0 Å². The van der Waals surface area contributed by atoms with Crippen molar-refractivity contribution >= 4 is 11.9 Å². The van der Waals surface area contributed by atoms with Crippen molar-refractivity contribution in [2.75, 3.05) is 37.7 Å². The third-order valence-corrected chi connectivity index (χ3v) is 8.65. The second-order valence-electron chi connectivity index (χ2n) is 11.9. The van der Waals surface area contributed by atoms with E-state index in [0.717, 1.165) is 86.1 Å². The number of anilines is 1. The van der Waals surface area contributed by atoms with Gasteiger partial charge in [-0.05, 0) is 80.8 Å². The second kappa shape index (κ2) is 11.4. The van der Waals surface area contributed by atoms with Gasteiger partial charge in [-0.3, -0.25) is 4.79 Å². The van der Waals surface area contributed by atoms with E-state index in [0.29, 0.717) is 30.8 Å². The van der Waals surface area contributed by atoms with Gasteiger partial charge in [0.1, 0.15) is 0 Å². The van der Waals surface area contributed by atoms with E-state index in [1.165, 1.54) is 19.3 Å². The van der Waals surface area contributed by atoms with Gasteiger partial charge in [-0.2, -0.15) is 4.98 Å². The van der Waals surface area contributed by atoms with E-state index in [1.807, 2.05) is 18.0 Å². The van der Waals surface area contributed by atoms with Crippen LogP contribution in [-0.2, 0) is 11.2 Å². The van der Waals surface area contributed by atoms with Crippen LogP contribution in [0.5, 0.6) is 5.88 Å². The highest BCUT2D eigenvalue weighted by atomic mass is 16.5. The molecule has 0 radical (unpaired) electrons. The number of pyridine rings is 1. The lowest BCUT2D eigenvalue weighted by atomic mass is 9.90. The van der Waals surface area contributed by atoms with Gasteiger partial charge in [0.25, 0.3) is 0 Å². The van der Waals surface area contributed by atoms with Crippen LogP contribution in [0.15, 0.2) is 16.8 Å². The van der Waals surface area contributed by atoms with Crippen LogP contribution in [-0.4, -0.2) is 58.7 Å². The molecular formula is C29H43N5O3. The van der Waals surface area contributed by atoms with Crippen LogP contribution in [0.2, 0.25) is 0 Å². The van der Waals surface area contributed by atoms with Crippen molar-refractivity contribution in [3.05, 3.63) is 29.2 Å². The highest BCUT2D eigenvalue weighted by molar-refractivity contribution is 5.78. The standard InChI is InChI=1S/C29H43N5O3/c1-19(2)27-31-29(37-32-27)34-12-7-23(8-13-34)25-17-24(25)9-14-36-28-21(4)15-22(18-30-28)16-26(35)33-10-5-20(3)6-11-33/h15,18-20,23-25H,5-14,16-17H2,1-4H3/t24-,25-/m1/s1. The highest BCUT2D eigenvalue weighted by Gasteiger charge is 2.43. The Kier molecular flexibility index (Phi) is 8.01. The summed E-state index contributed by atoms with van der Waals surface area (Å²) in [5.41, 5.74) is 1.99. The van der Waals surface area contributed by atoms with Crippen LogP contribution in [0.3, 0.4) is 0 Å². The summed E-state index contributed by atoms with van der Waals surface area (Å²) in [7, 11) is 0. The molecule has 2 aromatic rings. The Labute approximate surface area is 221 Å². The fraction of sp³-hybridized carbons (Fsp3) is 0.724. The predicted octanol–water partition coefficient (Wildman–Crippen LogP) is 5.02. The number of carbonyl (C=O) groups excluding carboxylic acids is 1. The summed E-state index contributed by atoms with van der Waals surface area (Å²) in [6, 6.07) is 2.75. The number of hydrogen-bond donors (Lipinski definition) is 0. The molecule has 2 aromatic heterocycles. The average molecular weight is 510 g/mol. The molecule has 3 fully saturated rings. The maximum atomic E-state index is 12.7. The first-order chi connectivity index (χ1) is 17.9. The maximum absolute atomic E-state index is 12.7. The lowest BCUT2D eigenvalue weighted by Crippen LogP contribution is -2.38. The Morgan fingerprint density at radius 2 is 1.92 bits per heavy atom. The summed E-state index contributed by atoms with van der Waals surface area (Å²) in [5, 5.41) is 4.11. The van der Waals surface area contributed by atoms with Crippen molar-refractivity contribution in [3.8, 4) is 5.88 Å². The van der Waals surface area contributed by atoms with E-state index in [2.05, 4.69) is 46.9 Å². The minimum Gasteiger partial charge on any atom is -0.477 e. The van der Waals surface area contributed by atoms with Crippen molar-refractivity contribution in [2.24, 2.45) is 23.7 Å². The van der Waals surface area contributed by atoms with Gasteiger partial charge in [0.15, 0.2) is 5.82 Å². The van der Waals surface area contributed by atoms with E-state index in [4.69, 9.17) is 9.26 Å². The van der Waals surface area contributed by atoms with Crippen LogP contribution in [0, 0.1) is 30.6 Å². The molecule has 2 aliphatic heterocycles. The fourth-order valence-electron chi connectivity index (χ4n) is 6.01. The molecule has 202 valence electrons. The van der Waals surface area contributed by atoms with Crippen LogP contribution in [0.4, 0.5) is 6.01 Å². The first-order valence-corrected chi connectivity index (χ1v) is 14.3. The van der Waals surface area contributed by atoms with Gasteiger partial charge < -0.3 is 19.1 Å². The molecule has 8 nitrogen and oxygen atoms in total. The summed E-state index contributed by atoms with van der Waals surface area (Å²) in [6.07, 6.45) is 9.24. The lowest BCUT2D eigenvalue weighted by Gasteiger charge is -2.30. The molecule has 5 rings (SSSR count). The zero-order valence-electron chi connectivity index (χ0n) is 23.0. The molecular weight excluding hydrogens is 466 g/mol. The van der Waals surface area contributed by atoms with E-state index in [1.54, 1.807) is 0 Å². The zero-order chi connectivity index (χ0) is 25.9. The SMILES string of the molecule is Cc1cc(CC(=O)N2CCC(C)CC2)cnc1OCC[C@@H]1C[C@@H]1C1CCN(c2nc(C(C)C)no2)CC1. The number of aryl methyl sites for hydroxylation is 1. The largest absolute Gasteiger partial charge is 0.477 e. The zero-order valence-corrected chi connectivity index (χ0v) is 23.0. The minimum absolute atomic E-state index is 0.213. The van der Waals surface area contributed by atoms with E-state index < -0.39 is 0 Å². The van der Waals surface area contributed by atoms with E-state index >= 15 is 0 Å². The van der Waals surface area contributed by atoms with Gasteiger partial charge in [0.05, 0.1) is 13.0 Å². The molecule has 0 spiro atoms. The van der Waals surface area contributed by atoms with Gasteiger partial charge in [-0.25, -0.2) is 4.98 Å². The Morgan fingerprint density at radius 1 is 1.16 bits per heavy atom. The molecule has 37 heavy (non-hydrogen) atoms. The lowest BCUT2D eigenvalue weighted by molar-refractivity contribution is -0.131. The van der Waals surface area contributed by atoms with Crippen molar-refractivity contribution in [1.82, 2.24) is 20.0 Å². The van der Waals surface area contributed by atoms with Gasteiger partial charge in [0, 0.05) is 43.9 Å². The Bertz CT molecular complexity index is 1050. The molecule has 3 aliphatic rings. The number of carbonyl (C=O) groups is 1. The number of aromatic nitrogens is 3. The molecule has 0 aromatic carbocycles. The smallest absolute Gasteiger partial charge is 0.324 e. The first kappa shape index (κ1) is 26.0. The molecule has 0 N–H and O–H groups in total. The summed E-state index contributed by atoms with van der Waals surface area (Å²) in [6.45, 7) is 12.9. The van der Waals surface area contributed by atoms with Crippen molar-refractivity contribution < 1.29 is 14.1 Å². The summed E-state index contributed by atoms with van der Waals surface area (Å²) >= 11 is 0. The molecule has 1 aliphatic carbocycles. The number of hydrogen-bond acceptors (Lipinski definition) is 7. The quantitative estimate of drug-likeness (QED) is 0.469. The third kappa shape index (κ3) is 6.44. The molecule has 0 unspecified atom stereocenters. The van der Waals surface area contributed by atoms with Crippen LogP contribution >= 0.6 is 0 Å². The van der Waals surface area contributed by atoms with Gasteiger partial charge in [-0.15, -0.1) is 0 Å².